The van der Waals surface area contributed by atoms with Gasteiger partial charge in [-0.1, -0.05) is 38.1 Å². The van der Waals surface area contributed by atoms with E-state index in [0.29, 0.717) is 19.7 Å². The monoisotopic (exact) mass is 428 g/mol. The number of fused-ring (bicyclic) bond motifs is 1. The highest BCUT2D eigenvalue weighted by atomic mass is 32.1. The highest BCUT2D eigenvalue weighted by molar-refractivity contribution is 7.10. The van der Waals surface area contributed by atoms with E-state index in [-0.39, 0.29) is 30.3 Å². The molecular weight excluding hydrogens is 396 g/mol. The molecule has 1 aromatic carbocycles. The molecular formula is C24H32N2O3S. The van der Waals surface area contributed by atoms with Gasteiger partial charge in [-0.25, -0.2) is 0 Å². The van der Waals surface area contributed by atoms with Crippen LogP contribution in [-0.4, -0.2) is 55.0 Å². The van der Waals surface area contributed by atoms with Crippen LogP contribution in [0.4, 0.5) is 0 Å². The number of amides is 2. The predicted octanol–water partition coefficient (Wildman–Crippen LogP) is 4.05. The molecule has 0 saturated carbocycles. The Kier molecular flexibility index (Phi) is 7.67. The van der Waals surface area contributed by atoms with Gasteiger partial charge in [0.25, 0.3) is 0 Å². The number of thiophene rings is 1. The number of hydrogen-bond acceptors (Lipinski definition) is 4. The summed E-state index contributed by atoms with van der Waals surface area (Å²) in [4.78, 5) is 31.2. The normalized spacial score (nSPS) is 15.9. The van der Waals surface area contributed by atoms with Gasteiger partial charge in [0, 0.05) is 37.6 Å². The quantitative estimate of drug-likeness (QED) is 0.596. The fourth-order valence-corrected chi connectivity index (χ4v) is 5.00. The SMILES string of the molecule is COCCCN(CC(=O)N1CCc2sccc2C1c1ccccc1C)C(=O)C(C)C. The molecule has 0 spiro atoms. The van der Waals surface area contributed by atoms with Crippen molar-refractivity contribution in [2.45, 2.75) is 39.7 Å². The zero-order valence-electron chi connectivity index (χ0n) is 18.4. The minimum atomic E-state index is -0.141. The van der Waals surface area contributed by atoms with Crippen LogP contribution >= 0.6 is 11.3 Å². The molecule has 0 fully saturated rings. The van der Waals surface area contributed by atoms with Crippen molar-refractivity contribution >= 4 is 23.2 Å². The third-order valence-corrected chi connectivity index (χ3v) is 6.67. The van der Waals surface area contributed by atoms with Crippen LogP contribution in [0, 0.1) is 12.8 Å². The third-order valence-electron chi connectivity index (χ3n) is 5.68. The van der Waals surface area contributed by atoms with E-state index in [2.05, 4.69) is 30.5 Å². The lowest BCUT2D eigenvalue weighted by Gasteiger charge is -2.38. The zero-order chi connectivity index (χ0) is 21.7. The summed E-state index contributed by atoms with van der Waals surface area (Å²) in [7, 11) is 1.65. The van der Waals surface area contributed by atoms with Gasteiger partial charge in [0.2, 0.25) is 11.8 Å². The Morgan fingerprint density at radius 1 is 1.23 bits per heavy atom. The van der Waals surface area contributed by atoms with Gasteiger partial charge in [-0.2, -0.15) is 0 Å². The molecule has 1 aliphatic heterocycles. The number of carbonyl (C=O) groups is 2. The Morgan fingerprint density at radius 2 is 2.00 bits per heavy atom. The highest BCUT2D eigenvalue weighted by Crippen LogP contribution is 2.39. The smallest absolute Gasteiger partial charge is 0.242 e. The van der Waals surface area contributed by atoms with Crippen LogP contribution < -0.4 is 0 Å². The predicted molar refractivity (Wildman–Crippen MR) is 121 cm³/mol. The lowest BCUT2D eigenvalue weighted by molar-refractivity contribution is -0.143. The molecule has 2 aromatic rings. The van der Waals surface area contributed by atoms with Gasteiger partial charge < -0.3 is 14.5 Å². The topological polar surface area (TPSA) is 49.9 Å². The maximum atomic E-state index is 13.5. The number of aryl methyl sites for hydroxylation is 1. The third kappa shape index (κ3) is 4.93. The lowest BCUT2D eigenvalue weighted by atomic mass is 9.90. The van der Waals surface area contributed by atoms with Crippen LogP contribution in [0.2, 0.25) is 0 Å². The molecule has 0 bridgehead atoms. The van der Waals surface area contributed by atoms with Crippen molar-refractivity contribution in [3.63, 3.8) is 0 Å². The molecule has 0 saturated heterocycles. The summed E-state index contributed by atoms with van der Waals surface area (Å²) in [5.74, 6) is -0.121. The van der Waals surface area contributed by atoms with E-state index in [4.69, 9.17) is 4.74 Å². The van der Waals surface area contributed by atoms with Crippen LogP contribution in [-0.2, 0) is 20.7 Å². The first-order valence-corrected chi connectivity index (χ1v) is 11.5. The van der Waals surface area contributed by atoms with Gasteiger partial charge in [-0.3, -0.25) is 9.59 Å². The molecule has 1 aliphatic rings. The largest absolute Gasteiger partial charge is 0.385 e. The number of benzene rings is 1. The summed E-state index contributed by atoms with van der Waals surface area (Å²) in [5.41, 5.74) is 3.55. The Morgan fingerprint density at radius 3 is 2.70 bits per heavy atom. The highest BCUT2D eigenvalue weighted by Gasteiger charge is 2.34. The number of nitrogens with zero attached hydrogens (tertiary/aromatic N) is 2. The summed E-state index contributed by atoms with van der Waals surface area (Å²) in [6.07, 6.45) is 1.58. The van der Waals surface area contributed by atoms with Gasteiger partial charge in [0.05, 0.1) is 12.6 Å². The number of ether oxygens (including phenoxy) is 1. The molecule has 1 atom stereocenters. The zero-order valence-corrected chi connectivity index (χ0v) is 19.2. The van der Waals surface area contributed by atoms with Crippen molar-refractivity contribution < 1.29 is 14.3 Å². The minimum absolute atomic E-state index is 0.00604. The number of methoxy groups -OCH3 is 1. The molecule has 1 unspecified atom stereocenters. The Balaban J connectivity index is 1.87. The second-order valence-electron chi connectivity index (χ2n) is 8.16. The maximum absolute atomic E-state index is 13.5. The Hall–Kier alpha value is -2.18. The second kappa shape index (κ2) is 10.2. The molecule has 162 valence electrons. The summed E-state index contributed by atoms with van der Waals surface area (Å²) < 4.78 is 5.14. The molecule has 0 radical (unpaired) electrons. The standard InChI is InChI=1S/C24H32N2O3S/c1-17(2)24(28)25(12-7-14-29-4)16-22(27)26-13-10-21-20(11-15-30-21)23(26)19-9-6-5-8-18(19)3/h5-6,8-9,11,15,17,23H,7,10,12-14,16H2,1-4H3. The molecule has 0 N–H and O–H groups in total. The number of rotatable bonds is 8. The van der Waals surface area contributed by atoms with Crippen LogP contribution in [0.5, 0.6) is 0 Å². The summed E-state index contributed by atoms with van der Waals surface area (Å²) in [6, 6.07) is 10.3. The summed E-state index contributed by atoms with van der Waals surface area (Å²) >= 11 is 1.76. The molecule has 6 heteroatoms. The van der Waals surface area contributed by atoms with E-state index < -0.39 is 0 Å². The fourth-order valence-electron chi connectivity index (χ4n) is 4.10. The first kappa shape index (κ1) is 22.5. The molecule has 30 heavy (non-hydrogen) atoms. The molecule has 0 aliphatic carbocycles. The van der Waals surface area contributed by atoms with E-state index in [1.165, 1.54) is 16.0 Å². The van der Waals surface area contributed by atoms with Crippen molar-refractivity contribution in [3.05, 3.63) is 57.3 Å². The van der Waals surface area contributed by atoms with E-state index in [1.54, 1.807) is 23.3 Å². The summed E-state index contributed by atoms with van der Waals surface area (Å²) in [5, 5.41) is 2.11. The van der Waals surface area contributed by atoms with Crippen molar-refractivity contribution in [2.75, 3.05) is 33.4 Å². The Bertz CT molecular complexity index is 877. The van der Waals surface area contributed by atoms with E-state index in [1.807, 2.05) is 30.9 Å². The average Bonchev–Trinajstić information content (AvgIpc) is 3.21. The number of hydrogen-bond donors (Lipinski definition) is 0. The molecule has 1 aromatic heterocycles. The van der Waals surface area contributed by atoms with Gasteiger partial charge >= 0.3 is 0 Å². The summed E-state index contributed by atoms with van der Waals surface area (Å²) in [6.45, 7) is 7.75. The van der Waals surface area contributed by atoms with Crippen LogP contribution in [0.1, 0.15) is 47.9 Å². The van der Waals surface area contributed by atoms with Gasteiger partial charge in [-0.15, -0.1) is 11.3 Å². The first-order valence-electron chi connectivity index (χ1n) is 10.6. The van der Waals surface area contributed by atoms with Crippen molar-refractivity contribution in [3.8, 4) is 0 Å². The maximum Gasteiger partial charge on any atom is 0.242 e. The van der Waals surface area contributed by atoms with Crippen molar-refractivity contribution in [1.29, 1.82) is 0 Å². The van der Waals surface area contributed by atoms with Gasteiger partial charge in [0.15, 0.2) is 0 Å². The second-order valence-corrected chi connectivity index (χ2v) is 9.16. The molecule has 5 nitrogen and oxygen atoms in total. The molecule has 3 rings (SSSR count). The van der Waals surface area contributed by atoms with Crippen molar-refractivity contribution in [2.24, 2.45) is 5.92 Å². The van der Waals surface area contributed by atoms with E-state index in [9.17, 15) is 9.59 Å². The lowest BCUT2D eigenvalue weighted by Crippen LogP contribution is -2.48. The Labute approximate surface area is 183 Å². The number of carbonyl (C=O) groups excluding carboxylic acids is 2. The molecule has 2 amide bonds. The van der Waals surface area contributed by atoms with Crippen LogP contribution in [0.3, 0.4) is 0 Å². The fraction of sp³-hybridized carbons (Fsp3) is 0.500. The van der Waals surface area contributed by atoms with Crippen molar-refractivity contribution in [1.82, 2.24) is 9.80 Å². The minimum Gasteiger partial charge on any atom is -0.385 e. The van der Waals surface area contributed by atoms with E-state index in [0.717, 1.165) is 18.4 Å². The molecule has 2 heterocycles. The van der Waals surface area contributed by atoms with Crippen LogP contribution in [0.25, 0.3) is 0 Å². The van der Waals surface area contributed by atoms with Gasteiger partial charge in [-0.05, 0) is 47.9 Å². The van der Waals surface area contributed by atoms with E-state index >= 15 is 0 Å². The van der Waals surface area contributed by atoms with Gasteiger partial charge in [0.1, 0.15) is 0 Å². The average molecular weight is 429 g/mol. The first-order chi connectivity index (χ1) is 14.4. The van der Waals surface area contributed by atoms with Crippen LogP contribution in [0.15, 0.2) is 35.7 Å².